The van der Waals surface area contributed by atoms with Gasteiger partial charge >= 0.3 is 0 Å². The minimum absolute atomic E-state index is 0.00926. The van der Waals surface area contributed by atoms with Crippen molar-refractivity contribution < 1.29 is 10.4 Å². The van der Waals surface area contributed by atoms with Crippen molar-refractivity contribution in [2.75, 3.05) is 13.1 Å². The number of quaternary nitrogens is 1. The van der Waals surface area contributed by atoms with E-state index >= 15 is 0 Å². The Bertz CT molecular complexity index is 40.8. The molecule has 1 unspecified atom stereocenters. The molecule has 36 valence electrons. The van der Waals surface area contributed by atoms with Crippen LogP contribution in [0.1, 0.15) is 6.42 Å². The van der Waals surface area contributed by atoms with Gasteiger partial charge in [0.15, 0.2) is 0 Å². The molecule has 1 rings (SSSR count). The third kappa shape index (κ3) is 0.698. The number of hydrogen-bond donors (Lipinski definition) is 2. The summed E-state index contributed by atoms with van der Waals surface area (Å²) in [6, 6.07) is 0. The van der Waals surface area contributed by atoms with Crippen LogP contribution < -0.4 is 5.32 Å². The second kappa shape index (κ2) is 1.58. The van der Waals surface area contributed by atoms with Crippen LogP contribution >= 0.6 is 0 Å². The van der Waals surface area contributed by atoms with Crippen LogP contribution in [0.5, 0.6) is 0 Å². The molecule has 1 fully saturated rings. The van der Waals surface area contributed by atoms with Crippen LogP contribution in [0.3, 0.4) is 0 Å². The quantitative estimate of drug-likeness (QED) is 0.364. The molecule has 0 spiro atoms. The summed E-state index contributed by atoms with van der Waals surface area (Å²) in [4.78, 5) is 0. The Balaban J connectivity index is 2.18. The maximum atomic E-state index is 8.70. The molecule has 0 radical (unpaired) electrons. The highest BCUT2D eigenvalue weighted by molar-refractivity contribution is 4.53. The molecular formula is C4H10NO+. The first-order valence-corrected chi connectivity index (χ1v) is 2.39. The van der Waals surface area contributed by atoms with E-state index in [2.05, 4.69) is 5.32 Å². The van der Waals surface area contributed by atoms with Gasteiger partial charge in [0.2, 0.25) is 0 Å². The average molecular weight is 88.1 g/mol. The fourth-order valence-electron chi connectivity index (χ4n) is 0.738. The summed E-state index contributed by atoms with van der Waals surface area (Å²) >= 11 is 0. The predicted molar refractivity (Wildman–Crippen MR) is 22.3 cm³/mol. The van der Waals surface area contributed by atoms with Gasteiger partial charge in [-0.25, -0.2) is 0 Å². The lowest BCUT2D eigenvalue weighted by Crippen LogP contribution is -2.81. The molecule has 0 bridgehead atoms. The van der Waals surface area contributed by atoms with Crippen molar-refractivity contribution in [3.05, 3.63) is 0 Å². The van der Waals surface area contributed by atoms with E-state index in [0.29, 0.717) is 0 Å². The summed E-state index contributed by atoms with van der Waals surface area (Å²) in [5.74, 6) is 0. The minimum Gasteiger partial charge on any atom is -0.387 e. The molecule has 2 heteroatoms. The van der Waals surface area contributed by atoms with Crippen molar-refractivity contribution >= 4 is 0 Å². The number of aliphatic hydroxyl groups is 1. The maximum Gasteiger partial charge on any atom is 0.108 e. The van der Waals surface area contributed by atoms with Crippen molar-refractivity contribution in [2.24, 2.45) is 0 Å². The van der Waals surface area contributed by atoms with Gasteiger partial charge in [-0.2, -0.15) is 0 Å². The lowest BCUT2D eigenvalue weighted by Gasteiger charge is -1.86. The monoisotopic (exact) mass is 88.1 g/mol. The second-order valence-electron chi connectivity index (χ2n) is 1.76. The zero-order valence-corrected chi connectivity index (χ0v) is 3.72. The van der Waals surface area contributed by atoms with Crippen LogP contribution in [0.25, 0.3) is 0 Å². The highest BCUT2D eigenvalue weighted by Crippen LogP contribution is 1.86. The van der Waals surface area contributed by atoms with Crippen LogP contribution in [0.15, 0.2) is 0 Å². The van der Waals surface area contributed by atoms with Gasteiger partial charge in [0, 0.05) is 6.42 Å². The molecule has 0 aliphatic carbocycles. The van der Waals surface area contributed by atoms with Gasteiger partial charge in [-0.15, -0.1) is 0 Å². The summed E-state index contributed by atoms with van der Waals surface area (Å²) < 4.78 is 0. The lowest BCUT2D eigenvalue weighted by molar-refractivity contribution is -0.638. The molecule has 1 heterocycles. The summed E-state index contributed by atoms with van der Waals surface area (Å²) in [5.41, 5.74) is 0. The minimum atomic E-state index is -0.00926. The second-order valence-corrected chi connectivity index (χ2v) is 1.76. The smallest absolute Gasteiger partial charge is 0.108 e. The Morgan fingerprint density at radius 3 is 2.67 bits per heavy atom. The van der Waals surface area contributed by atoms with E-state index in [9.17, 15) is 0 Å². The zero-order valence-electron chi connectivity index (χ0n) is 3.72. The number of aliphatic hydroxyl groups excluding tert-OH is 1. The van der Waals surface area contributed by atoms with E-state index in [4.69, 9.17) is 5.11 Å². The Morgan fingerprint density at radius 1 is 1.67 bits per heavy atom. The first-order valence-electron chi connectivity index (χ1n) is 2.39. The summed E-state index contributed by atoms with van der Waals surface area (Å²) in [6.45, 7) is 2.03. The first kappa shape index (κ1) is 4.09. The van der Waals surface area contributed by atoms with Gasteiger partial charge in [0.1, 0.15) is 12.6 Å². The third-order valence-electron chi connectivity index (χ3n) is 1.14. The standard InChI is InChI=1S/C4H9NO/c6-4-1-2-5-3-4/h4-6H,1-3H2/p+1. The molecule has 1 aliphatic rings. The fraction of sp³-hybridized carbons (Fsp3) is 1.00. The summed E-state index contributed by atoms with van der Waals surface area (Å²) in [5, 5.41) is 10.8. The molecule has 0 amide bonds. The van der Waals surface area contributed by atoms with Crippen molar-refractivity contribution in [1.29, 1.82) is 0 Å². The Morgan fingerprint density at radius 2 is 2.50 bits per heavy atom. The molecule has 0 aromatic rings. The summed E-state index contributed by atoms with van der Waals surface area (Å²) in [6.07, 6.45) is 0.977. The highest BCUT2D eigenvalue weighted by Gasteiger charge is 2.12. The first-order chi connectivity index (χ1) is 2.89. The van der Waals surface area contributed by atoms with Crippen LogP contribution in [0.4, 0.5) is 0 Å². The SMILES string of the molecule is OC1CC[NH2+]C1. The molecule has 0 saturated carbocycles. The molecule has 0 aromatic carbocycles. The van der Waals surface area contributed by atoms with Crippen LogP contribution in [0, 0.1) is 0 Å². The van der Waals surface area contributed by atoms with Crippen LogP contribution in [-0.2, 0) is 0 Å². The van der Waals surface area contributed by atoms with Crippen LogP contribution in [-0.4, -0.2) is 24.3 Å². The van der Waals surface area contributed by atoms with Crippen molar-refractivity contribution in [3.8, 4) is 0 Å². The van der Waals surface area contributed by atoms with E-state index in [-0.39, 0.29) is 6.10 Å². The normalized spacial score (nSPS) is 34.5. The molecule has 6 heavy (non-hydrogen) atoms. The largest absolute Gasteiger partial charge is 0.387 e. The summed E-state index contributed by atoms with van der Waals surface area (Å²) in [7, 11) is 0. The van der Waals surface area contributed by atoms with E-state index in [0.717, 1.165) is 19.5 Å². The lowest BCUT2D eigenvalue weighted by atomic mass is 10.3. The maximum absolute atomic E-state index is 8.70. The van der Waals surface area contributed by atoms with Gasteiger partial charge in [0.05, 0.1) is 6.54 Å². The average Bonchev–Trinajstić information content (AvgIpc) is 1.86. The zero-order chi connectivity index (χ0) is 4.41. The third-order valence-corrected chi connectivity index (χ3v) is 1.14. The van der Waals surface area contributed by atoms with Crippen LogP contribution in [0.2, 0.25) is 0 Å². The number of hydrogen-bond acceptors (Lipinski definition) is 1. The molecule has 1 atom stereocenters. The molecular weight excluding hydrogens is 78.0 g/mol. The van der Waals surface area contributed by atoms with Gasteiger partial charge in [0.25, 0.3) is 0 Å². The number of rotatable bonds is 0. The van der Waals surface area contributed by atoms with Crippen molar-refractivity contribution in [1.82, 2.24) is 0 Å². The van der Waals surface area contributed by atoms with Crippen molar-refractivity contribution in [2.45, 2.75) is 12.5 Å². The van der Waals surface area contributed by atoms with Crippen molar-refractivity contribution in [3.63, 3.8) is 0 Å². The molecule has 1 saturated heterocycles. The van der Waals surface area contributed by atoms with Gasteiger partial charge in [-0.1, -0.05) is 0 Å². The van der Waals surface area contributed by atoms with Gasteiger partial charge < -0.3 is 10.4 Å². The van der Waals surface area contributed by atoms with E-state index in [1.807, 2.05) is 0 Å². The topological polar surface area (TPSA) is 36.8 Å². The number of nitrogens with two attached hydrogens (primary N) is 1. The van der Waals surface area contributed by atoms with E-state index < -0.39 is 0 Å². The molecule has 2 nitrogen and oxygen atoms in total. The Hall–Kier alpha value is -0.0800. The Kier molecular flexibility index (Phi) is 1.08. The van der Waals surface area contributed by atoms with Gasteiger partial charge in [-0.3, -0.25) is 0 Å². The highest BCUT2D eigenvalue weighted by atomic mass is 16.3. The predicted octanol–water partition coefficient (Wildman–Crippen LogP) is -1.69. The van der Waals surface area contributed by atoms with E-state index in [1.54, 1.807) is 0 Å². The molecule has 3 N–H and O–H groups in total. The molecule has 0 aromatic heterocycles. The van der Waals surface area contributed by atoms with E-state index in [1.165, 1.54) is 0 Å². The Labute approximate surface area is 37.2 Å². The fourth-order valence-corrected chi connectivity index (χ4v) is 0.738. The van der Waals surface area contributed by atoms with Gasteiger partial charge in [-0.05, 0) is 0 Å². The molecule has 1 aliphatic heterocycles.